The molecule has 0 aliphatic carbocycles. The Kier molecular flexibility index (Phi) is 5.63. The second-order valence-electron chi connectivity index (χ2n) is 5.04. The smallest absolute Gasteiger partial charge is 0.371 e. The maximum atomic E-state index is 11.0. The van der Waals surface area contributed by atoms with Crippen molar-refractivity contribution in [3.8, 4) is 11.8 Å². The fourth-order valence-corrected chi connectivity index (χ4v) is 2.83. The molecule has 26 heavy (non-hydrogen) atoms. The van der Waals surface area contributed by atoms with Crippen molar-refractivity contribution < 1.29 is 21.0 Å². The number of nitrogens with zero attached hydrogens (tertiary/aromatic N) is 1. The number of anilines is 1. The number of hydrogen-bond donors (Lipinski definition) is 3. The fraction of sp³-hybridized carbons (Fsp3) is 0. The van der Waals surface area contributed by atoms with Crippen molar-refractivity contribution in [3.63, 3.8) is 0 Å². The van der Waals surface area contributed by atoms with Crippen molar-refractivity contribution in [1.82, 2.24) is 0 Å². The van der Waals surface area contributed by atoms with Crippen molar-refractivity contribution in [2.45, 2.75) is 0 Å². The molecule has 2 aromatic rings. The molecule has 0 radical (unpaired) electrons. The number of benzene rings is 2. The lowest BCUT2D eigenvalue weighted by molar-refractivity contribution is 0.487. The lowest BCUT2D eigenvalue weighted by Gasteiger charge is -2.05. The van der Waals surface area contributed by atoms with Crippen LogP contribution in [-0.2, 0) is 20.5 Å². The molecule has 0 saturated heterocycles. The van der Waals surface area contributed by atoms with Gasteiger partial charge in [-0.05, 0) is 41.5 Å². The Morgan fingerprint density at radius 3 is 2.04 bits per heavy atom. The molecule has 0 fully saturated rings. The van der Waals surface area contributed by atoms with E-state index in [1.165, 1.54) is 24.3 Å². The Hall–Kier alpha value is -2.91. The molecule has 2 rings (SSSR count). The molecule has 0 amide bonds. The second kappa shape index (κ2) is 7.54. The molecule has 0 saturated carbocycles. The molecule has 9 nitrogen and oxygen atoms in total. The first-order valence-electron chi connectivity index (χ1n) is 6.91. The third-order valence-electron chi connectivity index (χ3n) is 2.98. The zero-order valence-corrected chi connectivity index (χ0v) is 14.8. The van der Waals surface area contributed by atoms with Gasteiger partial charge in [-0.25, -0.2) is 5.14 Å². The van der Waals surface area contributed by atoms with Crippen molar-refractivity contribution in [2.24, 2.45) is 10.3 Å². The van der Waals surface area contributed by atoms with Gasteiger partial charge < -0.3 is 4.18 Å². The van der Waals surface area contributed by atoms with Gasteiger partial charge in [0.1, 0.15) is 5.75 Å². The minimum atomic E-state index is -4.10. The molecular formula is C15H14N4O5S2. The van der Waals surface area contributed by atoms with Gasteiger partial charge in [-0.1, -0.05) is 24.3 Å². The molecular weight excluding hydrogens is 380 g/mol. The molecule has 11 heteroatoms. The molecule has 0 aliphatic heterocycles. The molecule has 5 N–H and O–H groups in total. The van der Waals surface area contributed by atoms with Crippen LogP contribution in [0.25, 0.3) is 11.6 Å². The van der Waals surface area contributed by atoms with Crippen LogP contribution in [-0.4, -0.2) is 16.8 Å². The number of hydrogen-bond acceptors (Lipinski definition) is 6. The van der Waals surface area contributed by atoms with Gasteiger partial charge in [0.25, 0.3) is 10.2 Å². The van der Waals surface area contributed by atoms with Crippen molar-refractivity contribution >= 4 is 37.9 Å². The molecule has 0 heterocycles. The van der Waals surface area contributed by atoms with E-state index in [4.69, 9.17) is 10.3 Å². The van der Waals surface area contributed by atoms with Crippen LogP contribution in [0.5, 0.6) is 5.75 Å². The van der Waals surface area contributed by atoms with Gasteiger partial charge in [0.2, 0.25) is 0 Å². The van der Waals surface area contributed by atoms with E-state index in [-0.39, 0.29) is 11.4 Å². The summed E-state index contributed by atoms with van der Waals surface area (Å²) in [6, 6.07) is 14.0. The Bertz CT molecular complexity index is 1070. The predicted molar refractivity (Wildman–Crippen MR) is 96.8 cm³/mol. The van der Waals surface area contributed by atoms with E-state index in [0.29, 0.717) is 16.7 Å². The highest BCUT2D eigenvalue weighted by Gasteiger charge is 2.06. The summed E-state index contributed by atoms with van der Waals surface area (Å²) in [5.41, 5.74) is 1.75. The third kappa shape index (κ3) is 6.19. The van der Waals surface area contributed by atoms with Crippen molar-refractivity contribution in [1.29, 1.82) is 5.26 Å². The van der Waals surface area contributed by atoms with Crippen LogP contribution in [0.3, 0.4) is 0 Å². The average Bonchev–Trinajstić information content (AvgIpc) is 2.52. The summed E-state index contributed by atoms with van der Waals surface area (Å²) in [6.45, 7) is 0. The number of nitrogens with one attached hydrogen (secondary N) is 1. The van der Waals surface area contributed by atoms with Crippen molar-refractivity contribution in [2.75, 3.05) is 4.72 Å². The lowest BCUT2D eigenvalue weighted by Crippen LogP contribution is -2.21. The summed E-state index contributed by atoms with van der Waals surface area (Å²) in [7, 11) is -7.98. The monoisotopic (exact) mass is 394 g/mol. The fourth-order valence-electron chi connectivity index (χ4n) is 1.98. The molecule has 0 spiro atoms. The highest BCUT2D eigenvalue weighted by atomic mass is 32.2. The molecule has 136 valence electrons. The Morgan fingerprint density at radius 1 is 1.00 bits per heavy atom. The average molecular weight is 394 g/mol. The summed E-state index contributed by atoms with van der Waals surface area (Å²) in [5, 5.41) is 19.0. The number of rotatable bonds is 6. The van der Waals surface area contributed by atoms with Crippen LogP contribution in [0.2, 0.25) is 0 Å². The van der Waals surface area contributed by atoms with Crippen LogP contribution >= 0.6 is 0 Å². The zero-order chi connectivity index (χ0) is 19.4. The van der Waals surface area contributed by atoms with Gasteiger partial charge in [-0.2, -0.15) is 27.2 Å². The van der Waals surface area contributed by atoms with Gasteiger partial charge in [0.05, 0.1) is 11.6 Å². The van der Waals surface area contributed by atoms with E-state index in [2.05, 4.69) is 8.91 Å². The van der Waals surface area contributed by atoms with E-state index in [1.54, 1.807) is 30.3 Å². The molecule has 0 aromatic heterocycles. The maximum absolute atomic E-state index is 11.0. The Morgan fingerprint density at radius 2 is 1.58 bits per heavy atom. The number of allylic oxidation sites excluding steroid dienone is 1. The maximum Gasteiger partial charge on any atom is 0.380 e. The highest BCUT2D eigenvalue weighted by Crippen LogP contribution is 2.21. The Balaban J connectivity index is 2.23. The first kappa shape index (κ1) is 19.4. The van der Waals surface area contributed by atoms with E-state index >= 15 is 0 Å². The molecule has 0 atom stereocenters. The topological polar surface area (TPSA) is 165 Å². The number of nitriles is 1. The summed E-state index contributed by atoms with van der Waals surface area (Å²) >= 11 is 0. The third-order valence-corrected chi connectivity index (χ3v) is 3.92. The SMILES string of the molecule is N#C/C(=C\c1ccc(OS(N)(=O)=O)cc1)c1ccc(NS(N)(=O)=O)cc1. The van der Waals surface area contributed by atoms with Crippen LogP contribution < -0.4 is 19.2 Å². The zero-order valence-electron chi connectivity index (χ0n) is 13.2. The van der Waals surface area contributed by atoms with E-state index < -0.39 is 20.5 Å². The minimum absolute atomic E-state index is 0.0431. The summed E-state index contributed by atoms with van der Waals surface area (Å²) < 4.78 is 50.3. The van der Waals surface area contributed by atoms with E-state index in [0.717, 1.165) is 0 Å². The number of nitrogens with two attached hydrogens (primary N) is 2. The van der Waals surface area contributed by atoms with Gasteiger partial charge in [-0.3, -0.25) is 4.72 Å². The summed E-state index contributed by atoms with van der Waals surface area (Å²) in [5.74, 6) is 0.0431. The molecule has 0 aliphatic rings. The molecule has 2 aromatic carbocycles. The molecule has 0 unspecified atom stereocenters. The Labute approximate surface area is 150 Å². The highest BCUT2D eigenvalue weighted by molar-refractivity contribution is 7.90. The largest absolute Gasteiger partial charge is 0.380 e. The first-order chi connectivity index (χ1) is 12.1. The standard InChI is InChI=1S/C15H14N4O5S2/c16-10-13(12-3-5-14(6-4-12)19-25(17,20)21)9-11-1-7-15(8-2-11)24-26(18,22)23/h1-9,19H,(H2,17,20,21)(H2,18,22,23)/b13-9+. The second-order valence-corrected chi connectivity index (χ2v) is 7.49. The van der Waals surface area contributed by atoms with E-state index in [1.807, 2.05) is 6.07 Å². The van der Waals surface area contributed by atoms with Crippen molar-refractivity contribution in [3.05, 3.63) is 59.7 Å². The van der Waals surface area contributed by atoms with Gasteiger partial charge in [0, 0.05) is 5.69 Å². The quantitative estimate of drug-likeness (QED) is 0.487. The normalized spacial score (nSPS) is 12.3. The summed E-state index contributed by atoms with van der Waals surface area (Å²) in [6.07, 6.45) is 1.57. The van der Waals surface area contributed by atoms with Gasteiger partial charge in [0.15, 0.2) is 0 Å². The molecule has 0 bridgehead atoms. The van der Waals surface area contributed by atoms with Crippen LogP contribution in [0.4, 0.5) is 5.69 Å². The van der Waals surface area contributed by atoms with Gasteiger partial charge >= 0.3 is 10.3 Å². The van der Waals surface area contributed by atoms with Crippen LogP contribution in [0, 0.1) is 11.3 Å². The minimum Gasteiger partial charge on any atom is -0.371 e. The van der Waals surface area contributed by atoms with E-state index in [9.17, 15) is 22.1 Å². The lowest BCUT2D eigenvalue weighted by atomic mass is 10.0. The van der Waals surface area contributed by atoms with Crippen LogP contribution in [0.1, 0.15) is 11.1 Å². The summed E-state index contributed by atoms with van der Waals surface area (Å²) in [4.78, 5) is 0. The first-order valence-corrected chi connectivity index (χ1v) is 9.92. The van der Waals surface area contributed by atoms with Crippen LogP contribution in [0.15, 0.2) is 48.5 Å². The predicted octanol–water partition coefficient (Wildman–Crippen LogP) is 0.948. The van der Waals surface area contributed by atoms with Gasteiger partial charge in [-0.15, -0.1) is 0 Å².